The lowest BCUT2D eigenvalue weighted by molar-refractivity contribution is 0.637. The molecule has 34 heavy (non-hydrogen) atoms. The fourth-order valence-electron chi connectivity index (χ4n) is 4.94. The largest absolute Gasteiger partial charge is 0.324 e. The molecule has 0 saturated heterocycles. The Labute approximate surface area is 196 Å². The van der Waals surface area contributed by atoms with Gasteiger partial charge in [0.05, 0.1) is 17.4 Å². The lowest BCUT2D eigenvalue weighted by atomic mass is 10.0. The maximum absolute atomic E-state index is 4.81. The number of rotatable bonds is 5. The van der Waals surface area contributed by atoms with Crippen LogP contribution in [0.25, 0.3) is 33.5 Å². The van der Waals surface area contributed by atoms with E-state index in [9.17, 15) is 0 Å². The Bertz CT molecular complexity index is 1500. The van der Waals surface area contributed by atoms with E-state index in [1.807, 2.05) is 13.2 Å². The Morgan fingerprint density at radius 1 is 1.03 bits per heavy atom. The highest BCUT2D eigenvalue weighted by Crippen LogP contribution is 2.47. The van der Waals surface area contributed by atoms with Crippen molar-refractivity contribution in [1.82, 2.24) is 40.5 Å². The van der Waals surface area contributed by atoms with Gasteiger partial charge in [-0.2, -0.15) is 15.2 Å². The second-order valence-corrected chi connectivity index (χ2v) is 9.17. The Morgan fingerprint density at radius 3 is 2.74 bits per heavy atom. The molecule has 0 bridgehead atoms. The molecule has 2 aliphatic rings. The highest BCUT2D eigenvalue weighted by molar-refractivity contribution is 5.89. The maximum Gasteiger partial charge on any atom is 0.225 e. The first kappa shape index (κ1) is 19.5. The van der Waals surface area contributed by atoms with Crippen molar-refractivity contribution in [2.75, 3.05) is 11.9 Å². The van der Waals surface area contributed by atoms with Crippen LogP contribution in [0.3, 0.4) is 0 Å². The van der Waals surface area contributed by atoms with Gasteiger partial charge in [-0.05, 0) is 36.5 Å². The highest BCUT2D eigenvalue weighted by atomic mass is 15.4. The Kier molecular flexibility index (Phi) is 4.31. The molecule has 9 heteroatoms. The van der Waals surface area contributed by atoms with E-state index in [-0.39, 0.29) is 0 Å². The molecule has 0 radical (unpaired) electrons. The van der Waals surface area contributed by atoms with Crippen LogP contribution >= 0.6 is 0 Å². The second-order valence-electron chi connectivity index (χ2n) is 9.17. The van der Waals surface area contributed by atoms with Gasteiger partial charge >= 0.3 is 0 Å². The third kappa shape index (κ3) is 3.19. The molecule has 4 heterocycles. The first-order valence-electron chi connectivity index (χ1n) is 11.8. The standard InChI is InChI=1S/C25H25N9/c1-34-25(28-21-9-8-19-17(13-27-30-19)22(21)14-2-3-14)29-24(33-34)16-6-4-15(5-7-16)23-18-12-26-11-10-20(18)31-32-23/h4-9,13-14,26H,2-3,10-12H2,1H3,(H,27,30)(H,31,32)(H,28,29,33). The molecule has 7 rings (SSSR count). The van der Waals surface area contributed by atoms with Crippen LogP contribution in [0.4, 0.5) is 11.6 Å². The molecule has 0 spiro atoms. The minimum Gasteiger partial charge on any atom is -0.324 e. The van der Waals surface area contributed by atoms with Crippen LogP contribution in [-0.4, -0.2) is 41.7 Å². The van der Waals surface area contributed by atoms with Gasteiger partial charge in [0.1, 0.15) is 0 Å². The molecule has 1 aliphatic heterocycles. The lowest BCUT2D eigenvalue weighted by Crippen LogP contribution is -2.23. The van der Waals surface area contributed by atoms with Crippen LogP contribution in [0.15, 0.2) is 42.6 Å². The summed E-state index contributed by atoms with van der Waals surface area (Å²) in [7, 11) is 1.92. The van der Waals surface area contributed by atoms with E-state index < -0.39 is 0 Å². The number of fused-ring (bicyclic) bond motifs is 2. The van der Waals surface area contributed by atoms with Crippen LogP contribution in [-0.2, 0) is 20.0 Å². The molecule has 1 saturated carbocycles. The summed E-state index contributed by atoms with van der Waals surface area (Å²) in [6, 6.07) is 12.5. The fourth-order valence-corrected chi connectivity index (χ4v) is 4.94. The Hall–Kier alpha value is -3.98. The van der Waals surface area contributed by atoms with Crippen molar-refractivity contribution >= 4 is 22.5 Å². The van der Waals surface area contributed by atoms with Crippen molar-refractivity contribution in [1.29, 1.82) is 0 Å². The molecular weight excluding hydrogens is 426 g/mol. The molecule has 3 aromatic heterocycles. The smallest absolute Gasteiger partial charge is 0.225 e. The van der Waals surface area contributed by atoms with E-state index in [1.54, 1.807) is 4.68 Å². The highest BCUT2D eigenvalue weighted by Gasteiger charge is 2.29. The van der Waals surface area contributed by atoms with Crippen LogP contribution in [0.5, 0.6) is 0 Å². The third-order valence-electron chi connectivity index (χ3n) is 6.88. The van der Waals surface area contributed by atoms with E-state index in [2.05, 4.69) is 72.5 Å². The van der Waals surface area contributed by atoms with E-state index in [1.165, 1.54) is 35.0 Å². The molecule has 0 atom stereocenters. The van der Waals surface area contributed by atoms with E-state index in [4.69, 9.17) is 4.98 Å². The lowest BCUT2D eigenvalue weighted by Gasteiger charge is -2.13. The zero-order chi connectivity index (χ0) is 22.6. The molecule has 170 valence electrons. The number of aryl methyl sites for hydroxylation is 1. The van der Waals surface area contributed by atoms with Gasteiger partial charge in [0, 0.05) is 60.0 Å². The number of nitrogens with zero attached hydrogens (tertiary/aromatic N) is 5. The van der Waals surface area contributed by atoms with Gasteiger partial charge in [-0.15, -0.1) is 5.10 Å². The zero-order valence-electron chi connectivity index (χ0n) is 18.9. The van der Waals surface area contributed by atoms with Crippen molar-refractivity contribution in [3.05, 3.63) is 59.4 Å². The molecule has 0 amide bonds. The van der Waals surface area contributed by atoms with Gasteiger partial charge in [0.25, 0.3) is 0 Å². The van der Waals surface area contributed by atoms with Gasteiger partial charge in [0.2, 0.25) is 5.95 Å². The van der Waals surface area contributed by atoms with Gasteiger partial charge in [0.15, 0.2) is 5.82 Å². The number of benzene rings is 2. The van der Waals surface area contributed by atoms with Crippen LogP contribution in [0, 0.1) is 0 Å². The Morgan fingerprint density at radius 2 is 1.88 bits per heavy atom. The Balaban J connectivity index is 1.18. The van der Waals surface area contributed by atoms with Gasteiger partial charge in [-0.1, -0.05) is 24.3 Å². The summed E-state index contributed by atoms with van der Waals surface area (Å²) in [4.78, 5) is 4.81. The van der Waals surface area contributed by atoms with E-state index in [0.717, 1.165) is 53.5 Å². The maximum atomic E-state index is 4.81. The predicted molar refractivity (Wildman–Crippen MR) is 131 cm³/mol. The minimum atomic E-state index is 0.576. The molecule has 2 aromatic carbocycles. The summed E-state index contributed by atoms with van der Waals surface area (Å²) in [5.41, 5.74) is 9.06. The summed E-state index contributed by atoms with van der Waals surface area (Å²) in [6.07, 6.45) is 5.34. The average Bonchev–Trinajstić information content (AvgIpc) is 3.25. The summed E-state index contributed by atoms with van der Waals surface area (Å²) in [5, 5.41) is 27.9. The van der Waals surface area contributed by atoms with Gasteiger partial charge in [-0.3, -0.25) is 10.2 Å². The van der Waals surface area contributed by atoms with Crippen molar-refractivity contribution in [2.24, 2.45) is 7.05 Å². The SMILES string of the molecule is Cn1nc(-c2ccc(-c3n[nH]c4c3CNCC4)cc2)nc1Nc1ccc2[nH]ncc2c1C1CC1. The van der Waals surface area contributed by atoms with Crippen molar-refractivity contribution in [2.45, 2.75) is 31.7 Å². The van der Waals surface area contributed by atoms with Gasteiger partial charge in [-0.25, -0.2) is 4.68 Å². The molecule has 0 unspecified atom stereocenters. The molecule has 1 fully saturated rings. The van der Waals surface area contributed by atoms with E-state index in [0.29, 0.717) is 11.7 Å². The summed E-state index contributed by atoms with van der Waals surface area (Å²) < 4.78 is 1.80. The molecule has 1 aliphatic carbocycles. The quantitative estimate of drug-likeness (QED) is 0.321. The number of nitrogens with one attached hydrogen (secondary N) is 4. The molecule has 9 nitrogen and oxygen atoms in total. The van der Waals surface area contributed by atoms with Gasteiger partial charge < -0.3 is 10.6 Å². The molecular formula is C25H25N9. The van der Waals surface area contributed by atoms with Crippen LogP contribution < -0.4 is 10.6 Å². The normalized spacial score (nSPS) is 15.6. The summed E-state index contributed by atoms with van der Waals surface area (Å²) in [6.45, 7) is 1.85. The number of hydrogen-bond donors (Lipinski definition) is 4. The molecule has 5 aromatic rings. The van der Waals surface area contributed by atoms with Crippen molar-refractivity contribution < 1.29 is 0 Å². The number of H-pyrrole nitrogens is 2. The summed E-state index contributed by atoms with van der Waals surface area (Å²) >= 11 is 0. The number of hydrogen-bond acceptors (Lipinski definition) is 6. The number of aromatic nitrogens is 7. The average molecular weight is 452 g/mol. The van der Waals surface area contributed by atoms with E-state index >= 15 is 0 Å². The van der Waals surface area contributed by atoms with Crippen molar-refractivity contribution in [3.8, 4) is 22.6 Å². The first-order chi connectivity index (χ1) is 16.7. The third-order valence-corrected chi connectivity index (χ3v) is 6.88. The van der Waals surface area contributed by atoms with Crippen LogP contribution in [0.1, 0.15) is 35.6 Å². The zero-order valence-corrected chi connectivity index (χ0v) is 18.9. The van der Waals surface area contributed by atoms with Crippen molar-refractivity contribution in [3.63, 3.8) is 0 Å². The first-order valence-corrected chi connectivity index (χ1v) is 11.8. The summed E-state index contributed by atoms with van der Waals surface area (Å²) in [5.74, 6) is 1.99. The van der Waals surface area contributed by atoms with Crippen LogP contribution in [0.2, 0.25) is 0 Å². The topological polar surface area (TPSA) is 112 Å². The fraction of sp³-hybridized carbons (Fsp3) is 0.280. The number of aromatic amines is 2. The predicted octanol–water partition coefficient (Wildman–Crippen LogP) is 4.02. The second kappa shape index (κ2) is 7.53. The minimum absolute atomic E-state index is 0.576. The number of anilines is 2. The molecule has 4 N–H and O–H groups in total. The monoisotopic (exact) mass is 451 g/mol.